The van der Waals surface area contributed by atoms with E-state index in [2.05, 4.69) is 27.4 Å². The van der Waals surface area contributed by atoms with Crippen LogP contribution in [0.15, 0.2) is 42.7 Å². The predicted molar refractivity (Wildman–Crippen MR) is 102 cm³/mol. The Bertz CT molecular complexity index is 915. The van der Waals surface area contributed by atoms with E-state index in [9.17, 15) is 4.79 Å². The third kappa shape index (κ3) is 3.10. The van der Waals surface area contributed by atoms with Crippen LogP contribution in [0.4, 0.5) is 0 Å². The molecule has 1 aromatic heterocycles. The van der Waals surface area contributed by atoms with Gasteiger partial charge in [0.2, 0.25) is 5.91 Å². The first-order chi connectivity index (χ1) is 13.2. The van der Waals surface area contributed by atoms with Crippen LogP contribution < -0.4 is 10.1 Å². The van der Waals surface area contributed by atoms with Gasteiger partial charge in [-0.1, -0.05) is 23.8 Å². The molecule has 1 fully saturated rings. The summed E-state index contributed by atoms with van der Waals surface area (Å²) in [5.74, 6) is 2.63. The van der Waals surface area contributed by atoms with Crippen molar-refractivity contribution in [2.45, 2.75) is 25.4 Å². The van der Waals surface area contributed by atoms with E-state index in [1.165, 1.54) is 0 Å². The summed E-state index contributed by atoms with van der Waals surface area (Å²) in [5, 5.41) is 3.74. The van der Waals surface area contributed by atoms with Crippen molar-refractivity contribution in [2.75, 3.05) is 6.54 Å². The fraction of sp³-hybridized carbons (Fsp3) is 0.381. The minimum absolute atomic E-state index is 0.0981. The van der Waals surface area contributed by atoms with Crippen LogP contribution in [0.1, 0.15) is 18.4 Å². The maximum absolute atomic E-state index is 12.6. The molecule has 2 bridgehead atoms. The number of hydrogen-bond donors (Lipinski definition) is 1. The first-order valence-corrected chi connectivity index (χ1v) is 9.77. The van der Waals surface area contributed by atoms with Crippen LogP contribution in [-0.4, -0.2) is 28.5 Å². The molecular weight excluding hydrogens is 362 g/mol. The molecule has 1 N–H and O–H groups in total. The maximum Gasteiger partial charge on any atom is 0.223 e. The van der Waals surface area contributed by atoms with Gasteiger partial charge in [0, 0.05) is 35.3 Å². The molecule has 0 radical (unpaired) electrons. The van der Waals surface area contributed by atoms with Crippen LogP contribution in [0.25, 0.3) is 11.4 Å². The van der Waals surface area contributed by atoms with Gasteiger partial charge in [-0.25, -0.2) is 9.97 Å². The van der Waals surface area contributed by atoms with Crippen LogP contribution in [0.3, 0.4) is 0 Å². The van der Waals surface area contributed by atoms with E-state index in [0.29, 0.717) is 35.6 Å². The Hall–Kier alpha value is -2.40. The number of allylic oxidation sites excluding steroid dienone is 2. The second-order valence-electron chi connectivity index (χ2n) is 7.59. The molecule has 5 nitrogen and oxygen atoms in total. The third-order valence-corrected chi connectivity index (χ3v) is 6.01. The molecule has 1 aromatic carbocycles. The first kappa shape index (κ1) is 16.8. The molecule has 0 unspecified atom stereocenters. The average molecular weight is 382 g/mol. The van der Waals surface area contributed by atoms with Crippen LogP contribution in [-0.2, 0) is 11.2 Å². The van der Waals surface area contributed by atoms with Gasteiger partial charge in [-0.15, -0.1) is 0 Å². The molecule has 6 heteroatoms. The van der Waals surface area contributed by atoms with Gasteiger partial charge in [-0.05, 0) is 42.9 Å². The van der Waals surface area contributed by atoms with Gasteiger partial charge in [0.15, 0.2) is 5.82 Å². The van der Waals surface area contributed by atoms with Crippen LogP contribution >= 0.6 is 11.6 Å². The zero-order chi connectivity index (χ0) is 18.4. The number of aromatic nitrogens is 2. The Balaban J connectivity index is 1.28. The molecule has 138 valence electrons. The lowest BCUT2D eigenvalue weighted by Crippen LogP contribution is -2.39. The zero-order valence-electron chi connectivity index (χ0n) is 14.8. The second kappa shape index (κ2) is 6.64. The zero-order valence-corrected chi connectivity index (χ0v) is 15.5. The number of nitrogens with zero attached hydrogens (tertiary/aromatic N) is 2. The third-order valence-electron chi connectivity index (χ3n) is 5.79. The highest BCUT2D eigenvalue weighted by Gasteiger charge is 2.40. The molecule has 1 amide bonds. The van der Waals surface area contributed by atoms with Crippen LogP contribution in [0.5, 0.6) is 5.75 Å². The van der Waals surface area contributed by atoms with Gasteiger partial charge in [0.25, 0.3) is 0 Å². The number of ether oxygens (including phenoxy) is 1. The number of nitrogens with one attached hydrogen (secondary N) is 1. The predicted octanol–water partition coefficient (Wildman–Crippen LogP) is 3.43. The summed E-state index contributed by atoms with van der Waals surface area (Å²) in [6.45, 7) is 0.498. The van der Waals surface area contributed by atoms with Gasteiger partial charge in [0.1, 0.15) is 11.9 Å². The van der Waals surface area contributed by atoms with E-state index in [1.54, 1.807) is 18.5 Å². The van der Waals surface area contributed by atoms with Crippen LogP contribution in [0, 0.1) is 17.8 Å². The molecule has 5 rings (SSSR count). The van der Waals surface area contributed by atoms with Gasteiger partial charge >= 0.3 is 0 Å². The molecule has 4 atom stereocenters. The molecule has 2 aromatic rings. The molecule has 3 aliphatic rings. The lowest BCUT2D eigenvalue weighted by Gasteiger charge is -2.19. The molecule has 1 aliphatic heterocycles. The molecule has 27 heavy (non-hydrogen) atoms. The quantitative estimate of drug-likeness (QED) is 0.824. The normalized spacial score (nSPS) is 27.4. The van der Waals surface area contributed by atoms with Crippen molar-refractivity contribution < 1.29 is 9.53 Å². The Kier molecular flexibility index (Phi) is 4.12. The van der Waals surface area contributed by atoms with E-state index >= 15 is 0 Å². The second-order valence-corrected chi connectivity index (χ2v) is 8.03. The summed E-state index contributed by atoms with van der Waals surface area (Å²) >= 11 is 6.29. The number of amides is 1. The summed E-state index contributed by atoms with van der Waals surface area (Å²) in [6, 6.07) is 5.53. The summed E-state index contributed by atoms with van der Waals surface area (Å²) in [5.41, 5.74) is 1.83. The lowest BCUT2D eigenvalue weighted by molar-refractivity contribution is -0.126. The number of rotatable bonds is 4. The number of halogens is 1. The summed E-state index contributed by atoms with van der Waals surface area (Å²) in [6.07, 6.45) is 10.6. The van der Waals surface area contributed by atoms with Crippen molar-refractivity contribution in [3.05, 3.63) is 53.3 Å². The summed E-state index contributed by atoms with van der Waals surface area (Å²) < 4.78 is 6.16. The smallest absolute Gasteiger partial charge is 0.223 e. The van der Waals surface area contributed by atoms with Crippen molar-refractivity contribution in [1.29, 1.82) is 0 Å². The van der Waals surface area contributed by atoms with Gasteiger partial charge in [-0.2, -0.15) is 0 Å². The molecule has 1 saturated carbocycles. The number of carbonyl (C=O) groups is 1. The highest BCUT2D eigenvalue weighted by atomic mass is 35.5. The Morgan fingerprint density at radius 2 is 2.07 bits per heavy atom. The van der Waals surface area contributed by atoms with E-state index in [-0.39, 0.29) is 17.9 Å². The molecule has 2 aliphatic carbocycles. The highest BCUT2D eigenvalue weighted by Crippen LogP contribution is 2.43. The summed E-state index contributed by atoms with van der Waals surface area (Å²) in [7, 11) is 0. The van der Waals surface area contributed by atoms with E-state index in [4.69, 9.17) is 16.3 Å². The van der Waals surface area contributed by atoms with Crippen molar-refractivity contribution in [1.82, 2.24) is 15.3 Å². The van der Waals surface area contributed by atoms with Crippen molar-refractivity contribution in [3.63, 3.8) is 0 Å². The van der Waals surface area contributed by atoms with Crippen molar-refractivity contribution in [2.24, 2.45) is 17.8 Å². The van der Waals surface area contributed by atoms with Gasteiger partial charge < -0.3 is 10.1 Å². The number of carbonyl (C=O) groups excluding carboxylic acids is 1. The van der Waals surface area contributed by atoms with Gasteiger partial charge in [-0.3, -0.25) is 4.79 Å². The molecule has 0 spiro atoms. The minimum atomic E-state index is -0.0981. The van der Waals surface area contributed by atoms with Crippen molar-refractivity contribution >= 4 is 17.5 Å². The lowest BCUT2D eigenvalue weighted by atomic mass is 9.93. The van der Waals surface area contributed by atoms with Crippen LogP contribution in [0.2, 0.25) is 5.02 Å². The van der Waals surface area contributed by atoms with E-state index in [0.717, 1.165) is 29.7 Å². The average Bonchev–Trinajstić information content (AvgIpc) is 3.41. The monoisotopic (exact) mass is 381 g/mol. The topological polar surface area (TPSA) is 64.1 Å². The summed E-state index contributed by atoms with van der Waals surface area (Å²) in [4.78, 5) is 21.2. The maximum atomic E-state index is 12.6. The SMILES string of the molecule is O=C(NC[C@@H]1Cc2cc(Cl)cc(-c3ncccn3)c2O1)[C@@H]1C[C@@H]2C=C[C@H]1C2. The Morgan fingerprint density at radius 1 is 1.22 bits per heavy atom. The molecular formula is C21H20ClN3O2. The number of benzene rings is 1. The van der Waals surface area contributed by atoms with Gasteiger partial charge in [0.05, 0.1) is 12.1 Å². The molecule has 0 saturated heterocycles. The molecule has 2 heterocycles. The fourth-order valence-corrected chi connectivity index (χ4v) is 4.78. The largest absolute Gasteiger partial charge is 0.487 e. The first-order valence-electron chi connectivity index (χ1n) is 9.40. The Labute approximate surface area is 162 Å². The minimum Gasteiger partial charge on any atom is -0.487 e. The van der Waals surface area contributed by atoms with E-state index in [1.807, 2.05) is 12.1 Å². The number of fused-ring (bicyclic) bond motifs is 3. The highest BCUT2D eigenvalue weighted by molar-refractivity contribution is 6.31. The number of hydrogen-bond acceptors (Lipinski definition) is 4. The van der Waals surface area contributed by atoms with E-state index < -0.39 is 0 Å². The fourth-order valence-electron chi connectivity index (χ4n) is 4.54. The van der Waals surface area contributed by atoms with Crippen molar-refractivity contribution in [3.8, 4) is 17.1 Å². The Morgan fingerprint density at radius 3 is 2.81 bits per heavy atom. The standard InChI is InChI=1S/C21H20ClN3O2/c22-15-8-14-9-16(11-25-21(26)17-7-12-2-3-13(17)6-12)27-19(14)18(10-15)20-23-4-1-5-24-20/h1-5,8,10,12-13,16-17H,6-7,9,11H2,(H,25,26)/t12-,13+,16+,17-/m1/s1.